The van der Waals surface area contributed by atoms with Crippen molar-refractivity contribution in [2.24, 2.45) is 0 Å². The van der Waals surface area contributed by atoms with Gasteiger partial charge in [0, 0.05) is 34.3 Å². The molecule has 0 aromatic carbocycles. The molecule has 0 saturated carbocycles. The molecule has 1 atom stereocenters. The predicted molar refractivity (Wildman–Crippen MR) is 79.2 cm³/mol. The minimum atomic E-state index is 0.331. The molecule has 0 aliphatic rings. The molecule has 0 radical (unpaired) electrons. The van der Waals surface area contributed by atoms with Crippen LogP contribution in [0.15, 0.2) is 38.9 Å². The van der Waals surface area contributed by atoms with E-state index >= 15 is 0 Å². The van der Waals surface area contributed by atoms with E-state index in [1.807, 2.05) is 24.5 Å². The Kier molecular flexibility index (Phi) is 4.73. The topological polar surface area (TPSA) is 24.9 Å². The molecule has 5 heteroatoms. The molecule has 0 fully saturated rings. The van der Waals surface area contributed by atoms with E-state index in [1.165, 1.54) is 10.4 Å². The third-order valence-corrected chi connectivity index (χ3v) is 5.74. The molecule has 2 rings (SSSR count). The number of nitrogens with one attached hydrogen (secondary N) is 1. The van der Waals surface area contributed by atoms with Crippen molar-refractivity contribution in [1.29, 1.82) is 0 Å². The van der Waals surface area contributed by atoms with Gasteiger partial charge < -0.3 is 5.32 Å². The fourth-order valence-corrected chi connectivity index (χ4v) is 3.63. The number of hydrogen-bond donors (Lipinski definition) is 1. The molecule has 0 spiro atoms. The lowest BCUT2D eigenvalue weighted by molar-refractivity contribution is 0.578. The number of thiophene rings is 1. The second kappa shape index (κ2) is 6.09. The number of halogens is 2. The van der Waals surface area contributed by atoms with Gasteiger partial charge in [0.05, 0.1) is 3.79 Å². The summed E-state index contributed by atoms with van der Waals surface area (Å²) >= 11 is 8.75. The molecule has 0 aliphatic heterocycles. The van der Waals surface area contributed by atoms with Gasteiger partial charge in [-0.1, -0.05) is 0 Å². The maximum atomic E-state index is 4.02. The van der Waals surface area contributed by atoms with Crippen LogP contribution in [0.25, 0.3) is 0 Å². The van der Waals surface area contributed by atoms with Crippen LogP contribution in [-0.2, 0) is 6.54 Å². The second-order valence-electron chi connectivity index (χ2n) is 3.72. The van der Waals surface area contributed by atoms with Crippen molar-refractivity contribution in [1.82, 2.24) is 10.3 Å². The highest BCUT2D eigenvalue weighted by atomic mass is 79.9. The normalized spacial score (nSPS) is 12.6. The van der Waals surface area contributed by atoms with E-state index in [9.17, 15) is 0 Å². The van der Waals surface area contributed by atoms with Crippen LogP contribution in [0.4, 0.5) is 0 Å². The van der Waals surface area contributed by atoms with Gasteiger partial charge in [-0.05, 0) is 62.5 Å². The molecule has 2 nitrogen and oxygen atoms in total. The van der Waals surface area contributed by atoms with Crippen molar-refractivity contribution in [3.05, 3.63) is 49.3 Å². The first-order chi connectivity index (χ1) is 8.16. The summed E-state index contributed by atoms with van der Waals surface area (Å²) in [5.74, 6) is 0. The van der Waals surface area contributed by atoms with Crippen LogP contribution < -0.4 is 5.32 Å². The highest BCUT2D eigenvalue weighted by molar-refractivity contribution is 9.13. The van der Waals surface area contributed by atoms with Gasteiger partial charge in [0.25, 0.3) is 0 Å². The zero-order valence-corrected chi connectivity index (χ0v) is 13.3. The summed E-state index contributed by atoms with van der Waals surface area (Å²) in [4.78, 5) is 5.33. The fraction of sp³-hybridized carbons (Fsp3) is 0.250. The Balaban J connectivity index is 1.94. The van der Waals surface area contributed by atoms with Crippen molar-refractivity contribution < 1.29 is 0 Å². The average Bonchev–Trinajstić information content (AvgIpc) is 2.67. The van der Waals surface area contributed by atoms with Gasteiger partial charge in [0.1, 0.15) is 0 Å². The second-order valence-corrected chi connectivity index (χ2v) is 7.03. The monoisotopic (exact) mass is 374 g/mol. The van der Waals surface area contributed by atoms with E-state index in [1.54, 1.807) is 11.3 Å². The Morgan fingerprint density at radius 1 is 1.35 bits per heavy atom. The van der Waals surface area contributed by atoms with E-state index in [-0.39, 0.29) is 0 Å². The predicted octanol–water partition coefficient (Wildman–Crippen LogP) is 4.52. The van der Waals surface area contributed by atoms with Crippen LogP contribution in [0, 0.1) is 0 Å². The molecule has 90 valence electrons. The Labute approximate surface area is 122 Å². The standard InChI is InChI=1S/C12H12Br2N2S/c1-8(9-2-4-15-5-3-9)16-7-10-6-11(13)12(14)17-10/h2-6,8,16H,7H2,1H3/t8-/m1/s1. The molecule has 0 aliphatic carbocycles. The van der Waals surface area contributed by atoms with E-state index in [2.05, 4.69) is 55.2 Å². The van der Waals surface area contributed by atoms with Gasteiger partial charge in [-0.2, -0.15) is 0 Å². The molecular weight excluding hydrogens is 364 g/mol. The minimum Gasteiger partial charge on any atom is -0.305 e. The lowest BCUT2D eigenvalue weighted by Gasteiger charge is -2.12. The van der Waals surface area contributed by atoms with Gasteiger partial charge in [-0.3, -0.25) is 4.98 Å². The number of hydrogen-bond acceptors (Lipinski definition) is 3. The Hall–Kier alpha value is -0.230. The van der Waals surface area contributed by atoms with Crippen LogP contribution in [0.5, 0.6) is 0 Å². The fourth-order valence-electron chi connectivity index (χ4n) is 1.50. The van der Waals surface area contributed by atoms with Crippen LogP contribution in [0.2, 0.25) is 0 Å². The van der Waals surface area contributed by atoms with Crippen molar-refractivity contribution >= 4 is 43.2 Å². The molecule has 1 N–H and O–H groups in total. The van der Waals surface area contributed by atoms with E-state index in [0.29, 0.717) is 6.04 Å². The van der Waals surface area contributed by atoms with Gasteiger partial charge in [0.15, 0.2) is 0 Å². The number of nitrogens with zero attached hydrogens (tertiary/aromatic N) is 1. The Morgan fingerprint density at radius 2 is 2.06 bits per heavy atom. The summed E-state index contributed by atoms with van der Waals surface area (Å²) in [6.07, 6.45) is 3.65. The molecule has 2 aromatic heterocycles. The molecule has 2 heterocycles. The van der Waals surface area contributed by atoms with Crippen molar-refractivity contribution in [3.63, 3.8) is 0 Å². The first-order valence-electron chi connectivity index (χ1n) is 5.24. The first-order valence-corrected chi connectivity index (χ1v) is 7.64. The minimum absolute atomic E-state index is 0.331. The van der Waals surface area contributed by atoms with Crippen molar-refractivity contribution in [3.8, 4) is 0 Å². The van der Waals surface area contributed by atoms with E-state index < -0.39 is 0 Å². The van der Waals surface area contributed by atoms with Crippen LogP contribution in [0.1, 0.15) is 23.4 Å². The van der Waals surface area contributed by atoms with Crippen LogP contribution in [-0.4, -0.2) is 4.98 Å². The highest BCUT2D eigenvalue weighted by Crippen LogP contribution is 2.32. The number of rotatable bonds is 4. The molecule has 0 saturated heterocycles. The maximum absolute atomic E-state index is 4.02. The van der Waals surface area contributed by atoms with Crippen LogP contribution >= 0.6 is 43.2 Å². The van der Waals surface area contributed by atoms with Crippen LogP contribution in [0.3, 0.4) is 0 Å². The zero-order valence-electron chi connectivity index (χ0n) is 9.28. The van der Waals surface area contributed by atoms with E-state index in [0.717, 1.165) is 14.8 Å². The van der Waals surface area contributed by atoms with Crippen molar-refractivity contribution in [2.45, 2.75) is 19.5 Å². The van der Waals surface area contributed by atoms with Gasteiger partial charge >= 0.3 is 0 Å². The quantitative estimate of drug-likeness (QED) is 0.849. The van der Waals surface area contributed by atoms with Gasteiger partial charge in [0.2, 0.25) is 0 Å². The molecule has 17 heavy (non-hydrogen) atoms. The smallest absolute Gasteiger partial charge is 0.0843 e. The largest absolute Gasteiger partial charge is 0.305 e. The first kappa shape index (κ1) is 13.2. The summed E-state index contributed by atoms with van der Waals surface area (Å²) in [6, 6.07) is 6.55. The number of aromatic nitrogens is 1. The lowest BCUT2D eigenvalue weighted by Crippen LogP contribution is -2.17. The Bertz CT molecular complexity index is 465. The highest BCUT2D eigenvalue weighted by Gasteiger charge is 2.07. The van der Waals surface area contributed by atoms with E-state index in [4.69, 9.17) is 0 Å². The summed E-state index contributed by atoms with van der Waals surface area (Å²) in [5.41, 5.74) is 1.26. The maximum Gasteiger partial charge on any atom is 0.0843 e. The summed E-state index contributed by atoms with van der Waals surface area (Å²) in [7, 11) is 0. The molecule has 0 unspecified atom stereocenters. The van der Waals surface area contributed by atoms with Gasteiger partial charge in [-0.15, -0.1) is 11.3 Å². The lowest BCUT2D eigenvalue weighted by atomic mass is 10.1. The molecular formula is C12H12Br2N2S. The molecule has 0 bridgehead atoms. The third kappa shape index (κ3) is 3.61. The summed E-state index contributed by atoms with van der Waals surface area (Å²) in [5, 5.41) is 3.50. The Morgan fingerprint density at radius 3 is 2.65 bits per heavy atom. The number of pyridine rings is 1. The van der Waals surface area contributed by atoms with Gasteiger partial charge in [-0.25, -0.2) is 0 Å². The zero-order chi connectivity index (χ0) is 12.3. The average molecular weight is 376 g/mol. The molecule has 2 aromatic rings. The SMILES string of the molecule is C[C@@H](NCc1cc(Br)c(Br)s1)c1ccncc1. The summed E-state index contributed by atoms with van der Waals surface area (Å²) in [6.45, 7) is 3.03. The third-order valence-electron chi connectivity index (χ3n) is 2.48. The molecule has 0 amide bonds. The van der Waals surface area contributed by atoms with Crippen molar-refractivity contribution in [2.75, 3.05) is 0 Å². The summed E-state index contributed by atoms with van der Waals surface area (Å²) < 4.78 is 2.27.